The summed E-state index contributed by atoms with van der Waals surface area (Å²) in [5, 5.41) is 0. The number of hydrogen-bond acceptors (Lipinski definition) is 1. The van der Waals surface area contributed by atoms with Gasteiger partial charge in [-0.1, -0.05) is 0 Å². The molecule has 0 unspecified atom stereocenters. The van der Waals surface area contributed by atoms with Gasteiger partial charge < -0.3 is 7.84 Å². The van der Waals surface area contributed by atoms with Gasteiger partial charge in [-0.3, -0.25) is 0 Å². The van der Waals surface area contributed by atoms with Gasteiger partial charge in [-0.25, -0.2) is 0 Å². The molecule has 0 aliphatic rings. The van der Waals surface area contributed by atoms with Crippen molar-refractivity contribution in [1.29, 1.82) is 0 Å². The minimum Gasteiger partial charge on any atom is -1.00 e. The summed E-state index contributed by atoms with van der Waals surface area (Å²) in [6.45, 7) is 6.50. The van der Waals surface area contributed by atoms with Gasteiger partial charge in [-0.05, 0) is 20.8 Å². The molecule has 0 bridgehead atoms. The average molecular weight is 119 g/mol. The van der Waals surface area contributed by atoms with E-state index in [2.05, 4.69) is 25.8 Å². The molecule has 0 fully saturated rings. The van der Waals surface area contributed by atoms with Gasteiger partial charge >= 0.3 is 37.7 Å². The quantitative estimate of drug-likeness (QED) is 0.313. The smallest absolute Gasteiger partial charge is 1.00 e. The van der Waals surface area contributed by atoms with Crippen molar-refractivity contribution < 1.29 is 40.6 Å². The summed E-state index contributed by atoms with van der Waals surface area (Å²) in [5.41, 5.74) is 0.353. The van der Waals surface area contributed by atoms with Crippen LogP contribution in [0.15, 0.2) is 0 Å². The standard InChI is InChI=1S/C4H13NSi.2Li.2H/c1-4(2,3)5-6;;;;/h5H,1-3,6H3;;;;/q;2*+1;2*-1. The van der Waals surface area contributed by atoms with Crippen molar-refractivity contribution in [3.8, 4) is 0 Å². The monoisotopic (exact) mass is 119 g/mol. The Morgan fingerprint density at radius 3 is 1.38 bits per heavy atom. The van der Waals surface area contributed by atoms with E-state index in [0.717, 1.165) is 10.4 Å². The van der Waals surface area contributed by atoms with Gasteiger partial charge in [0.2, 0.25) is 0 Å². The molecule has 0 spiro atoms. The summed E-state index contributed by atoms with van der Waals surface area (Å²) in [4.78, 5) is 3.24. The summed E-state index contributed by atoms with van der Waals surface area (Å²) in [7, 11) is 1.10. The van der Waals surface area contributed by atoms with E-state index in [-0.39, 0.29) is 40.6 Å². The first-order valence-electron chi connectivity index (χ1n) is 2.25. The van der Waals surface area contributed by atoms with Gasteiger partial charge in [-0.15, -0.1) is 0 Å². The van der Waals surface area contributed by atoms with Gasteiger partial charge in [0.15, 0.2) is 0 Å². The molecule has 0 radical (unpaired) electrons. The molecule has 0 amide bonds. The van der Waals surface area contributed by atoms with E-state index in [4.69, 9.17) is 0 Å². The Morgan fingerprint density at radius 2 is 1.38 bits per heavy atom. The second-order valence-corrected chi connectivity index (χ2v) is 3.00. The maximum Gasteiger partial charge on any atom is 1.00 e. The van der Waals surface area contributed by atoms with Crippen LogP contribution in [0.3, 0.4) is 0 Å². The summed E-state index contributed by atoms with van der Waals surface area (Å²) >= 11 is 0. The van der Waals surface area contributed by atoms with Gasteiger partial charge in [0.1, 0.15) is 0 Å². The minimum absolute atomic E-state index is 0. The number of hydrogen-bond donors (Lipinski definition) is 1. The molecular weight excluding hydrogens is 104 g/mol. The predicted octanol–water partition coefficient (Wildman–Crippen LogP) is -6.11. The van der Waals surface area contributed by atoms with Crippen molar-refractivity contribution in [2.75, 3.05) is 0 Å². The maximum absolute atomic E-state index is 3.24. The molecule has 0 aliphatic heterocycles. The predicted molar refractivity (Wildman–Crippen MR) is 35.1 cm³/mol. The van der Waals surface area contributed by atoms with Crippen LogP contribution in [0.4, 0.5) is 0 Å². The molecule has 0 rings (SSSR count). The van der Waals surface area contributed by atoms with Gasteiger partial charge in [0.25, 0.3) is 0 Å². The normalized spacial score (nSPS) is 9.38. The summed E-state index contributed by atoms with van der Waals surface area (Å²) in [5.74, 6) is 0. The molecule has 0 aromatic rings. The summed E-state index contributed by atoms with van der Waals surface area (Å²) in [6, 6.07) is 0. The topological polar surface area (TPSA) is 12.0 Å². The van der Waals surface area contributed by atoms with E-state index in [1.807, 2.05) is 0 Å². The fourth-order valence-corrected chi connectivity index (χ4v) is 0. The molecule has 0 aromatic carbocycles. The van der Waals surface area contributed by atoms with Crippen LogP contribution in [-0.2, 0) is 0 Å². The Morgan fingerprint density at radius 1 is 1.25 bits per heavy atom. The molecule has 0 aromatic heterocycles. The van der Waals surface area contributed by atoms with Crippen molar-refractivity contribution in [2.24, 2.45) is 0 Å². The summed E-state index contributed by atoms with van der Waals surface area (Å²) in [6.07, 6.45) is 0. The minimum atomic E-state index is 0. The number of rotatable bonds is 0. The van der Waals surface area contributed by atoms with Crippen molar-refractivity contribution in [3.05, 3.63) is 0 Å². The zero-order valence-electron chi connectivity index (χ0n) is 9.00. The van der Waals surface area contributed by atoms with Crippen LogP contribution in [0.25, 0.3) is 0 Å². The molecule has 8 heavy (non-hydrogen) atoms. The first-order chi connectivity index (χ1) is 2.56. The van der Waals surface area contributed by atoms with Crippen LogP contribution in [0, 0.1) is 0 Å². The van der Waals surface area contributed by atoms with Crippen molar-refractivity contribution in [2.45, 2.75) is 26.3 Å². The third kappa shape index (κ3) is 15.7. The van der Waals surface area contributed by atoms with E-state index < -0.39 is 0 Å². The fourth-order valence-electron chi connectivity index (χ4n) is 0. The second-order valence-electron chi connectivity index (χ2n) is 2.50. The van der Waals surface area contributed by atoms with Gasteiger partial charge in [-0.2, -0.15) is 0 Å². The molecule has 4 heteroatoms. The Labute approximate surface area is 82.2 Å². The van der Waals surface area contributed by atoms with Crippen LogP contribution >= 0.6 is 0 Å². The Bertz CT molecular complexity index is 51.0. The molecule has 1 nitrogen and oxygen atoms in total. The zero-order chi connectivity index (χ0) is 5.21. The SMILES string of the molecule is CC(C)(C)N[SiH3].[H-].[H-].[Li+].[Li+]. The van der Waals surface area contributed by atoms with Gasteiger partial charge in [0.05, 0.1) is 10.4 Å². The molecule has 1 N–H and O–H groups in total. The zero-order valence-corrected chi connectivity index (χ0v) is 9.00. The number of nitrogens with one attached hydrogen (secondary N) is 1. The van der Waals surface area contributed by atoms with Crippen LogP contribution in [-0.4, -0.2) is 15.9 Å². The largest absolute Gasteiger partial charge is 1.00 e. The van der Waals surface area contributed by atoms with Crippen molar-refractivity contribution in [1.82, 2.24) is 4.98 Å². The van der Waals surface area contributed by atoms with E-state index in [0.29, 0.717) is 5.54 Å². The maximum atomic E-state index is 3.24. The molecule has 0 saturated carbocycles. The van der Waals surface area contributed by atoms with E-state index in [1.54, 1.807) is 0 Å². The van der Waals surface area contributed by atoms with Crippen LogP contribution in [0.5, 0.6) is 0 Å². The van der Waals surface area contributed by atoms with Crippen LogP contribution < -0.4 is 42.7 Å². The van der Waals surface area contributed by atoms with E-state index in [1.165, 1.54) is 0 Å². The van der Waals surface area contributed by atoms with E-state index >= 15 is 0 Å². The molecule has 42 valence electrons. The molecular formula is C4H15Li2NSi. The Hall–Kier alpha value is 1.37. The third-order valence-corrected chi connectivity index (χ3v) is 2.25. The molecule has 0 saturated heterocycles. The van der Waals surface area contributed by atoms with Crippen LogP contribution in [0.2, 0.25) is 0 Å². The second kappa shape index (κ2) is 6.49. The van der Waals surface area contributed by atoms with Crippen molar-refractivity contribution in [3.63, 3.8) is 0 Å². The third-order valence-electron chi connectivity index (χ3n) is 0.750. The van der Waals surface area contributed by atoms with Gasteiger partial charge in [0, 0.05) is 5.54 Å². The summed E-state index contributed by atoms with van der Waals surface area (Å²) < 4.78 is 0. The molecule has 0 atom stereocenters. The molecule has 0 heterocycles. The molecule has 0 aliphatic carbocycles. The van der Waals surface area contributed by atoms with Crippen LogP contribution in [0.1, 0.15) is 23.6 Å². The Balaban J connectivity index is -0.0000000208. The fraction of sp³-hybridized carbons (Fsp3) is 1.00. The van der Waals surface area contributed by atoms with E-state index in [9.17, 15) is 0 Å². The first-order valence-corrected chi connectivity index (χ1v) is 3.25. The Kier molecular flexibility index (Phi) is 13.1. The average Bonchev–Trinajstić information content (AvgIpc) is 1.35. The van der Waals surface area contributed by atoms with Crippen molar-refractivity contribution >= 4 is 10.4 Å². The first kappa shape index (κ1) is 16.2.